The molecular weight excluding hydrogens is 300 g/mol. The van der Waals surface area contributed by atoms with E-state index >= 15 is 0 Å². The Kier molecular flexibility index (Phi) is 13.1. The van der Waals surface area contributed by atoms with Crippen LogP contribution in [0.4, 0.5) is 11.4 Å². The smallest absolute Gasteiger partial charge is 0.759 e. The summed E-state index contributed by atoms with van der Waals surface area (Å²) in [4.78, 5) is 0. The molecule has 0 fully saturated rings. The van der Waals surface area contributed by atoms with Gasteiger partial charge in [0.25, 0.3) is 0 Å². The van der Waals surface area contributed by atoms with Gasteiger partial charge >= 0.3 is 59.1 Å². The molecule has 0 amide bonds. The van der Waals surface area contributed by atoms with Crippen molar-refractivity contribution < 1.29 is 76.6 Å². The van der Waals surface area contributed by atoms with Crippen LogP contribution >= 0.6 is 0 Å². The average Bonchev–Trinajstić information content (AvgIpc) is 2.29. The molecule has 20 heavy (non-hydrogen) atoms. The van der Waals surface area contributed by atoms with Crippen molar-refractivity contribution in [3.05, 3.63) is 60.7 Å². The summed E-state index contributed by atoms with van der Waals surface area (Å²) in [6.45, 7) is 0. The maximum atomic E-state index is 8.52. The van der Waals surface area contributed by atoms with E-state index in [1.54, 1.807) is 0 Å². The van der Waals surface area contributed by atoms with Crippen LogP contribution in [0.3, 0.4) is 0 Å². The zero-order chi connectivity index (χ0) is 13.4. The maximum Gasteiger partial charge on any atom is 1.00 e. The molecule has 96 valence electrons. The molecule has 2 aromatic carbocycles. The number of para-hydroxylation sites is 2. The summed E-state index contributed by atoms with van der Waals surface area (Å²) in [5.74, 6) is 0. The minimum absolute atomic E-state index is 0. The van der Waals surface area contributed by atoms with Crippen LogP contribution in [0, 0.1) is 0 Å². The summed E-state index contributed by atoms with van der Waals surface area (Å²) >= 11 is 0. The van der Waals surface area contributed by atoms with E-state index in [2.05, 4.69) is 5.32 Å². The predicted molar refractivity (Wildman–Crippen MR) is 66.6 cm³/mol. The van der Waals surface area contributed by atoms with Gasteiger partial charge in [0.15, 0.2) is 0 Å². The van der Waals surface area contributed by atoms with E-state index in [4.69, 9.17) is 17.5 Å². The number of nitrogens with one attached hydrogen (secondary N) is 1. The standard InChI is InChI=1S/C12H11N.2Na.H2O4S/c1-3-7-11(8-4-1)13-12-9-5-2-6-10-12;;;1-5(2,3)4/h1-10,13H;;;(H2,1,2,3,4)/q;2*+1;/p-2. The first-order valence-electron chi connectivity index (χ1n) is 4.99. The Bertz CT molecular complexity index is 519. The Morgan fingerprint density at radius 1 is 0.700 bits per heavy atom. The van der Waals surface area contributed by atoms with Crippen LogP contribution in [0.15, 0.2) is 60.7 Å². The molecule has 1 N–H and O–H groups in total. The fourth-order valence-corrected chi connectivity index (χ4v) is 1.21. The fraction of sp³-hybridized carbons (Fsp3) is 0. The molecule has 0 unspecified atom stereocenters. The van der Waals surface area contributed by atoms with Crippen molar-refractivity contribution in [3.8, 4) is 0 Å². The van der Waals surface area contributed by atoms with Gasteiger partial charge in [-0.3, -0.25) is 8.42 Å². The molecule has 0 saturated heterocycles. The Labute approximate surface area is 163 Å². The van der Waals surface area contributed by atoms with Gasteiger partial charge in [-0.05, 0) is 24.3 Å². The van der Waals surface area contributed by atoms with Crippen LogP contribution in [0.25, 0.3) is 0 Å². The summed E-state index contributed by atoms with van der Waals surface area (Å²) < 4.78 is 34.1. The molecule has 0 bridgehead atoms. The molecule has 0 saturated carbocycles. The SMILES string of the molecule is O=S(=O)([O-])[O-].[Na+].[Na+].c1ccc(Nc2ccccc2)cc1. The van der Waals surface area contributed by atoms with E-state index < -0.39 is 10.4 Å². The van der Waals surface area contributed by atoms with Crippen molar-refractivity contribution in [2.45, 2.75) is 0 Å². The third kappa shape index (κ3) is 13.1. The molecule has 0 aliphatic rings. The topological polar surface area (TPSA) is 92.3 Å². The van der Waals surface area contributed by atoms with Gasteiger partial charge in [0.05, 0.1) is 0 Å². The van der Waals surface area contributed by atoms with Gasteiger partial charge in [-0.25, -0.2) is 0 Å². The van der Waals surface area contributed by atoms with E-state index in [0.717, 1.165) is 11.4 Å². The Balaban J connectivity index is 0. The van der Waals surface area contributed by atoms with E-state index in [1.165, 1.54) is 0 Å². The van der Waals surface area contributed by atoms with Crippen LogP contribution in [-0.4, -0.2) is 17.5 Å². The molecule has 0 aromatic heterocycles. The number of rotatable bonds is 2. The normalized spacial score (nSPS) is 9.10. The average molecular weight is 311 g/mol. The Morgan fingerprint density at radius 2 is 0.950 bits per heavy atom. The zero-order valence-electron chi connectivity index (χ0n) is 11.3. The minimum Gasteiger partial charge on any atom is -0.759 e. The molecule has 0 spiro atoms. The first-order chi connectivity index (χ1) is 8.45. The third-order valence-corrected chi connectivity index (χ3v) is 1.84. The molecular formula is C12H11NNa2O4S. The molecule has 5 nitrogen and oxygen atoms in total. The predicted octanol–water partition coefficient (Wildman–Crippen LogP) is -3.90. The van der Waals surface area contributed by atoms with Crippen molar-refractivity contribution >= 4 is 21.8 Å². The van der Waals surface area contributed by atoms with Gasteiger partial charge < -0.3 is 14.4 Å². The summed E-state index contributed by atoms with van der Waals surface area (Å²) in [5, 5.41) is 3.30. The van der Waals surface area contributed by atoms with Crippen molar-refractivity contribution in [1.29, 1.82) is 0 Å². The number of anilines is 2. The van der Waals surface area contributed by atoms with E-state index in [1.807, 2.05) is 60.7 Å². The van der Waals surface area contributed by atoms with Crippen LogP contribution in [0.1, 0.15) is 0 Å². The first-order valence-corrected chi connectivity index (χ1v) is 6.32. The van der Waals surface area contributed by atoms with Crippen molar-refractivity contribution in [2.75, 3.05) is 5.32 Å². The summed E-state index contributed by atoms with van der Waals surface area (Å²) in [5.41, 5.74) is 2.24. The van der Waals surface area contributed by atoms with Crippen molar-refractivity contribution in [2.24, 2.45) is 0 Å². The molecule has 0 atom stereocenters. The second-order valence-corrected chi connectivity index (χ2v) is 4.08. The van der Waals surface area contributed by atoms with Crippen LogP contribution in [0.5, 0.6) is 0 Å². The molecule has 8 heteroatoms. The van der Waals surface area contributed by atoms with E-state index in [9.17, 15) is 0 Å². The molecule has 0 aliphatic carbocycles. The van der Waals surface area contributed by atoms with Crippen molar-refractivity contribution in [1.82, 2.24) is 0 Å². The van der Waals surface area contributed by atoms with Crippen LogP contribution in [-0.2, 0) is 10.4 Å². The summed E-state index contributed by atoms with van der Waals surface area (Å²) in [6, 6.07) is 20.3. The van der Waals surface area contributed by atoms with Crippen molar-refractivity contribution in [3.63, 3.8) is 0 Å². The van der Waals surface area contributed by atoms with E-state index in [-0.39, 0.29) is 59.1 Å². The largest absolute Gasteiger partial charge is 1.00 e. The van der Waals surface area contributed by atoms with Crippen LogP contribution < -0.4 is 64.4 Å². The molecule has 0 radical (unpaired) electrons. The Morgan fingerprint density at radius 3 is 1.20 bits per heavy atom. The molecule has 2 rings (SSSR count). The second kappa shape index (κ2) is 11.7. The van der Waals surface area contributed by atoms with Crippen LogP contribution in [0.2, 0.25) is 0 Å². The molecule has 0 heterocycles. The van der Waals surface area contributed by atoms with Gasteiger partial charge in [-0.2, -0.15) is 0 Å². The maximum absolute atomic E-state index is 8.52. The van der Waals surface area contributed by atoms with Gasteiger partial charge in [0, 0.05) is 21.8 Å². The quantitative estimate of drug-likeness (QED) is 0.348. The number of benzene rings is 2. The van der Waals surface area contributed by atoms with Gasteiger partial charge in [-0.1, -0.05) is 36.4 Å². The summed E-state index contributed by atoms with van der Waals surface area (Å²) in [6.07, 6.45) is 0. The minimum atomic E-state index is -5.17. The number of hydrogen-bond acceptors (Lipinski definition) is 5. The van der Waals surface area contributed by atoms with Gasteiger partial charge in [0.1, 0.15) is 0 Å². The Hall–Kier alpha value is 0.110. The van der Waals surface area contributed by atoms with E-state index in [0.29, 0.717) is 0 Å². The summed E-state index contributed by atoms with van der Waals surface area (Å²) in [7, 11) is -5.17. The second-order valence-electron chi connectivity index (χ2n) is 3.27. The van der Waals surface area contributed by atoms with Gasteiger partial charge in [-0.15, -0.1) is 0 Å². The number of hydrogen-bond donors (Lipinski definition) is 1. The first kappa shape index (κ1) is 22.4. The zero-order valence-corrected chi connectivity index (χ0v) is 16.1. The molecule has 2 aromatic rings. The third-order valence-electron chi connectivity index (χ3n) is 1.84. The molecule has 0 aliphatic heterocycles. The fourth-order valence-electron chi connectivity index (χ4n) is 1.21. The van der Waals surface area contributed by atoms with Gasteiger partial charge in [0.2, 0.25) is 0 Å². The monoisotopic (exact) mass is 311 g/mol.